The Balaban J connectivity index is 1.79. The van der Waals surface area contributed by atoms with Crippen molar-refractivity contribution in [2.75, 3.05) is 19.7 Å². The summed E-state index contributed by atoms with van der Waals surface area (Å²) in [5.74, 6) is 0.588. The lowest BCUT2D eigenvalue weighted by molar-refractivity contribution is -0.142. The van der Waals surface area contributed by atoms with Gasteiger partial charge in [0, 0.05) is 0 Å². The molecule has 0 aliphatic carbocycles. The maximum Gasteiger partial charge on any atom is 0.242 e. The van der Waals surface area contributed by atoms with Gasteiger partial charge in [0.05, 0.1) is 19.7 Å². The quantitative estimate of drug-likeness (QED) is 0.782. The molecular weight excluding hydrogens is 232 g/mol. The Bertz CT molecular complexity index is 413. The molecule has 3 N–H and O–H groups in total. The van der Waals surface area contributed by atoms with Gasteiger partial charge in [-0.25, -0.2) is 0 Å². The average molecular weight is 250 g/mol. The number of nitrogens with two attached hydrogens (primary N) is 1. The zero-order chi connectivity index (χ0) is 13.1. The Morgan fingerprint density at radius 2 is 2.11 bits per heavy atom. The fraction of sp³-hybridized carbons (Fsp3) is 0.462. The van der Waals surface area contributed by atoms with E-state index >= 15 is 0 Å². The average Bonchev–Trinajstić information content (AvgIpc) is 2.33. The van der Waals surface area contributed by atoms with Crippen LogP contribution in [0, 0.1) is 6.92 Å². The molecule has 5 nitrogen and oxygen atoms in total. The zero-order valence-corrected chi connectivity index (χ0v) is 10.4. The van der Waals surface area contributed by atoms with E-state index < -0.39 is 6.04 Å². The van der Waals surface area contributed by atoms with Crippen molar-refractivity contribution in [3.05, 3.63) is 29.8 Å². The van der Waals surface area contributed by atoms with Gasteiger partial charge in [0.1, 0.15) is 17.9 Å². The first-order valence-electron chi connectivity index (χ1n) is 5.98. The first-order chi connectivity index (χ1) is 8.60. The Morgan fingerprint density at radius 3 is 2.67 bits per heavy atom. The molecule has 1 amide bonds. The first-order valence-corrected chi connectivity index (χ1v) is 5.98. The summed E-state index contributed by atoms with van der Waals surface area (Å²) in [4.78, 5) is 13.2. The lowest BCUT2D eigenvalue weighted by atomic mass is 10.1. The van der Waals surface area contributed by atoms with Crippen molar-refractivity contribution in [3.63, 3.8) is 0 Å². The summed E-state index contributed by atoms with van der Waals surface area (Å²) >= 11 is 0. The molecule has 18 heavy (non-hydrogen) atoms. The first kappa shape index (κ1) is 12.9. The molecule has 1 saturated heterocycles. The Labute approximate surface area is 106 Å². The van der Waals surface area contributed by atoms with Crippen molar-refractivity contribution >= 4 is 5.91 Å². The summed E-state index contributed by atoms with van der Waals surface area (Å²) in [6.45, 7) is 2.75. The number of aryl methyl sites for hydroxylation is 1. The summed E-state index contributed by atoms with van der Waals surface area (Å²) in [5.41, 5.74) is 6.64. The predicted molar refractivity (Wildman–Crippen MR) is 67.2 cm³/mol. The van der Waals surface area contributed by atoms with Crippen LogP contribution in [0.4, 0.5) is 0 Å². The number of aliphatic hydroxyl groups excluding tert-OH is 1. The monoisotopic (exact) mass is 250 g/mol. The number of amides is 1. The largest absolute Gasteiger partial charge is 0.487 e. The fourth-order valence-electron chi connectivity index (χ4n) is 1.81. The van der Waals surface area contributed by atoms with Crippen molar-refractivity contribution in [3.8, 4) is 5.75 Å². The summed E-state index contributed by atoms with van der Waals surface area (Å²) in [6, 6.07) is 6.99. The van der Waals surface area contributed by atoms with Gasteiger partial charge >= 0.3 is 0 Å². The number of rotatable bonds is 4. The van der Waals surface area contributed by atoms with Gasteiger partial charge in [-0.3, -0.25) is 4.79 Å². The maximum absolute atomic E-state index is 11.6. The summed E-state index contributed by atoms with van der Waals surface area (Å²) in [5, 5.41) is 8.80. The van der Waals surface area contributed by atoms with Gasteiger partial charge in [-0.15, -0.1) is 0 Å². The van der Waals surface area contributed by atoms with E-state index in [-0.39, 0.29) is 18.6 Å². The third-order valence-electron chi connectivity index (χ3n) is 3.00. The number of carbonyl (C=O) groups is 1. The molecule has 1 heterocycles. The second kappa shape index (κ2) is 5.37. The molecule has 1 aliphatic rings. The van der Waals surface area contributed by atoms with Gasteiger partial charge in [0.25, 0.3) is 0 Å². The third kappa shape index (κ3) is 2.80. The van der Waals surface area contributed by atoms with Crippen LogP contribution in [0.1, 0.15) is 5.56 Å². The van der Waals surface area contributed by atoms with E-state index in [0.717, 1.165) is 5.75 Å². The molecule has 1 aromatic carbocycles. The van der Waals surface area contributed by atoms with E-state index in [9.17, 15) is 4.79 Å². The van der Waals surface area contributed by atoms with Crippen molar-refractivity contribution in [2.45, 2.75) is 19.1 Å². The van der Waals surface area contributed by atoms with Crippen LogP contribution in [0.2, 0.25) is 0 Å². The van der Waals surface area contributed by atoms with Crippen LogP contribution in [0.5, 0.6) is 5.75 Å². The molecule has 0 aromatic heterocycles. The van der Waals surface area contributed by atoms with Gasteiger partial charge in [-0.1, -0.05) is 17.7 Å². The fourth-order valence-corrected chi connectivity index (χ4v) is 1.81. The Kier molecular flexibility index (Phi) is 3.84. The SMILES string of the molecule is Cc1ccc(OC2CN(C(=O)[C@@H](N)CO)C2)cc1. The van der Waals surface area contributed by atoms with Gasteiger partial charge < -0.3 is 20.5 Å². The number of ether oxygens (including phenoxy) is 1. The summed E-state index contributed by atoms with van der Waals surface area (Å²) < 4.78 is 5.70. The molecular formula is C13H18N2O3. The van der Waals surface area contributed by atoms with E-state index in [1.165, 1.54) is 5.56 Å². The van der Waals surface area contributed by atoms with E-state index in [0.29, 0.717) is 13.1 Å². The summed E-state index contributed by atoms with van der Waals surface area (Å²) in [7, 11) is 0. The molecule has 2 rings (SSSR count). The van der Waals surface area contributed by atoms with Crippen LogP contribution in [-0.4, -0.2) is 47.8 Å². The second-order valence-electron chi connectivity index (χ2n) is 4.59. The molecule has 1 fully saturated rings. The minimum absolute atomic E-state index is 0.0162. The van der Waals surface area contributed by atoms with Crippen molar-refractivity contribution < 1.29 is 14.6 Å². The van der Waals surface area contributed by atoms with Gasteiger partial charge in [0.2, 0.25) is 5.91 Å². The molecule has 1 atom stereocenters. The van der Waals surface area contributed by atoms with Crippen LogP contribution in [-0.2, 0) is 4.79 Å². The zero-order valence-electron chi connectivity index (χ0n) is 10.4. The van der Waals surface area contributed by atoms with E-state index in [1.807, 2.05) is 31.2 Å². The van der Waals surface area contributed by atoms with Gasteiger partial charge in [-0.2, -0.15) is 0 Å². The summed E-state index contributed by atoms with van der Waals surface area (Å²) in [6.07, 6.45) is 0.0162. The second-order valence-corrected chi connectivity index (χ2v) is 4.59. The van der Waals surface area contributed by atoms with Crippen LogP contribution in [0.15, 0.2) is 24.3 Å². The maximum atomic E-state index is 11.6. The molecule has 98 valence electrons. The molecule has 1 aromatic rings. The Morgan fingerprint density at radius 1 is 1.50 bits per heavy atom. The lowest BCUT2D eigenvalue weighted by Crippen LogP contribution is -2.60. The molecule has 1 aliphatic heterocycles. The highest BCUT2D eigenvalue weighted by Crippen LogP contribution is 2.18. The highest BCUT2D eigenvalue weighted by atomic mass is 16.5. The van der Waals surface area contributed by atoms with E-state index in [1.54, 1.807) is 4.90 Å². The molecule has 0 spiro atoms. The molecule has 0 unspecified atom stereocenters. The number of carbonyl (C=O) groups excluding carboxylic acids is 1. The van der Waals surface area contributed by atoms with Gasteiger partial charge in [-0.05, 0) is 19.1 Å². The van der Waals surface area contributed by atoms with Gasteiger partial charge in [0.15, 0.2) is 0 Å². The van der Waals surface area contributed by atoms with Crippen LogP contribution in [0.3, 0.4) is 0 Å². The molecule has 0 bridgehead atoms. The van der Waals surface area contributed by atoms with Crippen molar-refractivity contribution in [2.24, 2.45) is 5.73 Å². The highest BCUT2D eigenvalue weighted by Gasteiger charge is 2.34. The van der Waals surface area contributed by atoms with E-state index in [2.05, 4.69) is 0 Å². The molecule has 0 saturated carbocycles. The van der Waals surface area contributed by atoms with Crippen molar-refractivity contribution in [1.82, 2.24) is 4.90 Å². The number of nitrogens with zero attached hydrogens (tertiary/aromatic N) is 1. The molecule has 5 heteroatoms. The smallest absolute Gasteiger partial charge is 0.242 e. The number of benzene rings is 1. The number of likely N-dealkylation sites (tertiary alicyclic amines) is 1. The molecule has 0 radical (unpaired) electrons. The van der Waals surface area contributed by atoms with Crippen LogP contribution < -0.4 is 10.5 Å². The van der Waals surface area contributed by atoms with Crippen molar-refractivity contribution in [1.29, 1.82) is 0 Å². The highest BCUT2D eigenvalue weighted by molar-refractivity contribution is 5.82. The number of hydrogen-bond donors (Lipinski definition) is 2. The normalized spacial score (nSPS) is 17.2. The Hall–Kier alpha value is -1.59. The minimum Gasteiger partial charge on any atom is -0.487 e. The lowest BCUT2D eigenvalue weighted by Gasteiger charge is -2.39. The topological polar surface area (TPSA) is 75.8 Å². The number of aliphatic hydroxyl groups is 1. The minimum atomic E-state index is -0.815. The third-order valence-corrected chi connectivity index (χ3v) is 3.00. The number of hydrogen-bond acceptors (Lipinski definition) is 4. The standard InChI is InChI=1S/C13H18N2O3/c1-9-2-4-10(5-3-9)18-11-6-15(7-11)13(17)12(14)8-16/h2-5,11-12,16H,6-8,14H2,1H3/t12-/m0/s1. The van der Waals surface area contributed by atoms with Crippen LogP contribution in [0.25, 0.3) is 0 Å². The predicted octanol–water partition coefficient (Wildman–Crippen LogP) is -0.0958. The van der Waals surface area contributed by atoms with E-state index in [4.69, 9.17) is 15.6 Å². The van der Waals surface area contributed by atoms with Crippen LogP contribution >= 0.6 is 0 Å².